The highest BCUT2D eigenvalue weighted by atomic mass is 35.5. The van der Waals surface area contributed by atoms with E-state index in [1.54, 1.807) is 18.2 Å². The van der Waals surface area contributed by atoms with Gasteiger partial charge >= 0.3 is 0 Å². The fourth-order valence-electron chi connectivity index (χ4n) is 17.6. The van der Waals surface area contributed by atoms with Crippen molar-refractivity contribution >= 4 is 75.4 Å². The fraction of sp³-hybridized carbons (Fsp3) is 0.422. The number of aliphatic imine (C=N–C) groups is 1. The lowest BCUT2D eigenvalue weighted by atomic mass is 9.90. The molecule has 9 aromatic rings. The molecule has 20 nitrogen and oxygen atoms in total. The van der Waals surface area contributed by atoms with Gasteiger partial charge in [0.25, 0.3) is 11.8 Å². The molecule has 13 rings (SSSR count). The Morgan fingerprint density at radius 2 is 0.831 bits per heavy atom. The standard InChI is InChI=1S/C40H48N4O2.C32H48N6O2.C30H34Cl2N4O2/c45-39(34-23-22-30-13-10-11-18-33(30)27-34)42-28-36-24-26-44(29-37(31-14-4-1-5-15-31)32-16-6-2-7-17-32)40(46)38(43-36)21-12-25-41-35-19-8-3-9-20-35;1-3-5-13-24(4-2)30(39)36-22-27-19-21-38(31(40)29(37-27)18-12-20-35-32(33)34)23-28(25-14-8-6-9-15-25)26-16-10-7-11-17-26;31-26-14-13-23(18-27(26)32)29(37)34-19-24-15-17-36(30(38)28(35-24)12-7-16-33)20-25(21-8-3-1-4-9-21)22-10-5-2-6-11-22/h1-2,4-7,10-11,13-18,22-23,27,35-38,41,43H,3,8-9,12,19-21,24-26,28-29H2,(H,42,45);6-11,14-17,24,27-29,37H,3-5,12-13,18-23H2,1-2H3,(H,36,39)(H4,33,34,35);1-6,8-11,13-14,18,24-25,28,35H,7,12,15-17,19-20,33H2,(H,34,37)/t36-,38-;24?,27-,29-;24-,28-/m000/s1. The second kappa shape index (κ2) is 50.6. The van der Waals surface area contributed by atoms with Crippen molar-refractivity contribution in [3.8, 4) is 0 Å². The molecule has 1 aliphatic carbocycles. The van der Waals surface area contributed by atoms with Crippen LogP contribution in [0.5, 0.6) is 0 Å². The molecule has 13 N–H and O–H groups in total. The lowest BCUT2D eigenvalue weighted by Gasteiger charge is -2.29. The second-order valence-corrected chi connectivity index (χ2v) is 34.3. The van der Waals surface area contributed by atoms with Gasteiger partial charge < -0.3 is 69.1 Å². The minimum atomic E-state index is -0.368. The summed E-state index contributed by atoms with van der Waals surface area (Å²) in [5.41, 5.74) is 25.0. The molecule has 4 aliphatic rings. The third-order valence-corrected chi connectivity index (χ3v) is 25.4. The zero-order valence-electron chi connectivity index (χ0n) is 72.4. The van der Waals surface area contributed by atoms with Crippen molar-refractivity contribution < 1.29 is 28.8 Å². The SMILES string of the molecule is CCCCC(CC)C(=O)NC[C@@H]1CCN(CC(c2ccccc2)c2ccccc2)C(=O)[C@H](CCCN=C(N)N)N1.NCCC[C@@H]1N[C@H](CNC(=O)c2ccc(Cl)c(Cl)c2)CCN(CC(c2ccccc2)c2ccccc2)C1=O.O=C(NC[C@@H]1CCN(CC(c2ccccc2)c2ccccc2)C(=O)[C@H](CCCNC2CCCCC2)N1)c1ccc2ccccc2c1. The number of benzene rings is 9. The molecule has 0 aromatic heterocycles. The zero-order valence-corrected chi connectivity index (χ0v) is 73.9. The number of guanidine groups is 1. The Morgan fingerprint density at radius 1 is 0.444 bits per heavy atom. The van der Waals surface area contributed by atoms with Crippen LogP contribution in [0.3, 0.4) is 0 Å². The maximum atomic E-state index is 14.2. The maximum Gasteiger partial charge on any atom is 0.251 e. The van der Waals surface area contributed by atoms with Crippen LogP contribution in [-0.4, -0.2) is 177 Å². The molecule has 3 aliphatic heterocycles. The van der Waals surface area contributed by atoms with Crippen LogP contribution in [0.1, 0.15) is 201 Å². The number of nitrogens with zero attached hydrogens (tertiary/aromatic N) is 4. The van der Waals surface area contributed by atoms with Gasteiger partial charge in [0.05, 0.1) is 28.2 Å². The highest BCUT2D eigenvalue weighted by Crippen LogP contribution is 2.32. The molecule has 1 unspecified atom stereocenters. The summed E-state index contributed by atoms with van der Waals surface area (Å²) in [5.74, 6) is 0.437. The average Bonchev–Trinajstić information content (AvgIpc) is 1.20. The summed E-state index contributed by atoms with van der Waals surface area (Å²) in [6.45, 7) is 11.2. The lowest BCUT2D eigenvalue weighted by Crippen LogP contribution is -2.49. The van der Waals surface area contributed by atoms with Crippen LogP contribution >= 0.6 is 23.2 Å². The summed E-state index contributed by atoms with van der Waals surface area (Å²) in [6, 6.07) is 80.7. The van der Waals surface area contributed by atoms with Crippen molar-refractivity contribution in [1.29, 1.82) is 0 Å². The van der Waals surface area contributed by atoms with E-state index >= 15 is 0 Å². The Labute approximate surface area is 744 Å². The van der Waals surface area contributed by atoms with E-state index in [0.717, 1.165) is 75.1 Å². The number of rotatable bonds is 37. The number of halogens is 2. The first-order valence-corrected chi connectivity index (χ1v) is 46.0. The highest BCUT2D eigenvalue weighted by molar-refractivity contribution is 6.42. The topological polar surface area (TPSA) is 287 Å². The van der Waals surface area contributed by atoms with E-state index in [2.05, 4.69) is 164 Å². The van der Waals surface area contributed by atoms with E-state index in [0.29, 0.717) is 125 Å². The Morgan fingerprint density at radius 3 is 1.23 bits per heavy atom. The maximum absolute atomic E-state index is 14.2. The first kappa shape index (κ1) is 94.4. The molecular formula is C102H130Cl2N14O6. The third-order valence-electron chi connectivity index (χ3n) is 24.7. The van der Waals surface area contributed by atoms with Crippen LogP contribution in [0.25, 0.3) is 10.8 Å². The molecule has 4 fully saturated rings. The Hall–Kier alpha value is -10.3. The number of nitrogens with one attached hydrogen (secondary N) is 7. The van der Waals surface area contributed by atoms with E-state index < -0.39 is 0 Å². The van der Waals surface area contributed by atoms with Crippen molar-refractivity contribution in [2.45, 2.75) is 189 Å². The fourth-order valence-corrected chi connectivity index (χ4v) is 17.9. The number of amides is 6. The summed E-state index contributed by atoms with van der Waals surface area (Å²) in [4.78, 5) is 90.9. The van der Waals surface area contributed by atoms with Gasteiger partial charge in [0.15, 0.2) is 5.96 Å². The molecule has 0 spiro atoms. The van der Waals surface area contributed by atoms with Gasteiger partial charge in [-0.25, -0.2) is 0 Å². The molecule has 3 saturated heterocycles. The highest BCUT2D eigenvalue weighted by Gasteiger charge is 2.37. The second-order valence-electron chi connectivity index (χ2n) is 33.5. The van der Waals surface area contributed by atoms with Crippen molar-refractivity contribution in [3.05, 3.63) is 297 Å². The largest absolute Gasteiger partial charge is 0.370 e. The van der Waals surface area contributed by atoms with Crippen LogP contribution in [0.4, 0.5) is 0 Å². The molecule has 3 heterocycles. The molecule has 7 atom stereocenters. The van der Waals surface area contributed by atoms with Gasteiger partial charge in [-0.05, 0) is 171 Å². The number of nitrogens with two attached hydrogens (primary N) is 3. The van der Waals surface area contributed by atoms with E-state index in [4.69, 9.17) is 40.4 Å². The molecule has 6 amide bonds. The van der Waals surface area contributed by atoms with Crippen molar-refractivity contribution in [1.82, 2.24) is 51.9 Å². The Kier molecular flexibility index (Phi) is 38.5. The first-order chi connectivity index (χ1) is 60.5. The zero-order chi connectivity index (χ0) is 87.2. The number of carbonyl (C=O) groups is 6. The van der Waals surface area contributed by atoms with E-state index in [1.807, 2.05) is 131 Å². The molecule has 0 radical (unpaired) electrons. The number of hydrogen-bond acceptors (Lipinski definition) is 12. The predicted octanol–water partition coefficient (Wildman–Crippen LogP) is 15.3. The minimum Gasteiger partial charge on any atom is -0.370 e. The quantitative estimate of drug-likeness (QED) is 0.00986. The van der Waals surface area contributed by atoms with E-state index in [9.17, 15) is 28.8 Å². The monoisotopic (exact) mass is 1720 g/mol. The predicted molar refractivity (Wildman–Crippen MR) is 504 cm³/mol. The van der Waals surface area contributed by atoms with Gasteiger partial charge in [0, 0.05) is 124 Å². The number of unbranched alkanes of at least 4 members (excludes halogenated alkanes) is 1. The van der Waals surface area contributed by atoms with Crippen molar-refractivity contribution in [2.24, 2.45) is 28.1 Å². The van der Waals surface area contributed by atoms with Gasteiger partial charge in [-0.2, -0.15) is 0 Å². The lowest BCUT2D eigenvalue weighted by molar-refractivity contribution is -0.133. The number of fused-ring (bicyclic) bond motifs is 1. The van der Waals surface area contributed by atoms with Crippen molar-refractivity contribution in [3.63, 3.8) is 0 Å². The normalized spacial score (nSPS) is 18.5. The van der Waals surface area contributed by atoms with Crippen LogP contribution in [0.2, 0.25) is 10.0 Å². The number of hydrogen-bond donors (Lipinski definition) is 10. The molecule has 9 aromatic carbocycles. The van der Waals surface area contributed by atoms with E-state index in [-0.39, 0.29) is 101 Å². The molecule has 0 bridgehead atoms. The third kappa shape index (κ3) is 29.2. The molecule has 658 valence electrons. The van der Waals surface area contributed by atoms with Gasteiger partial charge in [-0.3, -0.25) is 33.8 Å². The summed E-state index contributed by atoms with van der Waals surface area (Å²) in [5, 5.41) is 26.8. The summed E-state index contributed by atoms with van der Waals surface area (Å²) in [7, 11) is 0. The van der Waals surface area contributed by atoms with Crippen LogP contribution in [0.15, 0.2) is 248 Å². The smallest absolute Gasteiger partial charge is 0.251 e. The average molecular weight is 1720 g/mol. The minimum absolute atomic E-state index is 0.00145. The summed E-state index contributed by atoms with van der Waals surface area (Å²) < 4.78 is 0. The van der Waals surface area contributed by atoms with Gasteiger partial charge in [-0.15, -0.1) is 0 Å². The van der Waals surface area contributed by atoms with Crippen LogP contribution in [0, 0.1) is 5.92 Å². The summed E-state index contributed by atoms with van der Waals surface area (Å²) >= 11 is 12.1. The van der Waals surface area contributed by atoms with E-state index in [1.165, 1.54) is 65.5 Å². The number of carbonyl (C=O) groups excluding carboxylic acids is 6. The van der Waals surface area contributed by atoms with Gasteiger partial charge in [0.2, 0.25) is 23.6 Å². The molecule has 22 heteroatoms. The van der Waals surface area contributed by atoms with Crippen LogP contribution < -0.4 is 54.4 Å². The van der Waals surface area contributed by atoms with Gasteiger partial charge in [0.1, 0.15) is 0 Å². The van der Waals surface area contributed by atoms with Crippen molar-refractivity contribution in [2.75, 3.05) is 78.5 Å². The summed E-state index contributed by atoms with van der Waals surface area (Å²) in [6.07, 6.45) is 17.0. The molecule has 1 saturated carbocycles. The first-order valence-electron chi connectivity index (χ1n) is 45.2. The molecular weight excluding hydrogens is 1590 g/mol. The Bertz CT molecular complexity index is 4650. The van der Waals surface area contributed by atoms with Crippen LogP contribution in [-0.2, 0) is 19.2 Å². The molecule has 124 heavy (non-hydrogen) atoms. The van der Waals surface area contributed by atoms with Gasteiger partial charge in [-0.1, -0.05) is 281 Å². The Balaban J connectivity index is 0.000000182.